The largest absolute Gasteiger partial charge is 0.316 e. The Balaban J connectivity index is 2.33. The third kappa shape index (κ3) is 2.27. The van der Waals surface area contributed by atoms with Crippen LogP contribution in [0.15, 0.2) is 30.6 Å². The number of rotatable bonds is 3. The first kappa shape index (κ1) is 10.8. The van der Waals surface area contributed by atoms with E-state index in [2.05, 4.69) is 22.4 Å². The van der Waals surface area contributed by atoms with Crippen molar-refractivity contribution in [2.24, 2.45) is 0 Å². The highest BCUT2D eigenvalue weighted by Gasteiger charge is 2.03. The van der Waals surface area contributed by atoms with Crippen LogP contribution >= 0.6 is 11.3 Å². The minimum absolute atomic E-state index is 0.731. The summed E-state index contributed by atoms with van der Waals surface area (Å²) >= 11 is 1.49. The average Bonchev–Trinajstić information content (AvgIpc) is 2.78. The van der Waals surface area contributed by atoms with Crippen molar-refractivity contribution in [2.45, 2.75) is 6.54 Å². The highest BCUT2D eigenvalue weighted by Crippen LogP contribution is 2.27. The van der Waals surface area contributed by atoms with Crippen molar-refractivity contribution in [1.29, 1.82) is 5.26 Å². The van der Waals surface area contributed by atoms with E-state index in [1.807, 2.05) is 31.6 Å². The van der Waals surface area contributed by atoms with Gasteiger partial charge in [0.1, 0.15) is 10.9 Å². The van der Waals surface area contributed by atoms with Crippen molar-refractivity contribution in [3.05, 3.63) is 41.0 Å². The Morgan fingerprint density at radius 1 is 1.44 bits per heavy atom. The van der Waals surface area contributed by atoms with Crippen LogP contribution in [0.2, 0.25) is 0 Å². The molecule has 0 radical (unpaired) electrons. The Morgan fingerprint density at radius 2 is 2.31 bits per heavy atom. The predicted octanol–water partition coefficient (Wildman–Crippen LogP) is 2.40. The third-order valence-electron chi connectivity index (χ3n) is 2.18. The molecule has 0 bridgehead atoms. The molecule has 0 saturated carbocycles. The molecule has 0 fully saturated rings. The number of hydrogen-bond acceptors (Lipinski definition) is 4. The highest BCUT2D eigenvalue weighted by atomic mass is 32.1. The number of nitriles is 1. The summed E-state index contributed by atoms with van der Waals surface area (Å²) in [5.41, 5.74) is 2.21. The molecule has 16 heavy (non-hydrogen) atoms. The molecule has 0 amide bonds. The first-order valence-corrected chi connectivity index (χ1v) is 5.74. The maximum absolute atomic E-state index is 8.77. The van der Waals surface area contributed by atoms with Crippen LogP contribution < -0.4 is 5.32 Å². The second-order valence-corrected chi connectivity index (χ2v) is 4.47. The van der Waals surface area contributed by atoms with Crippen molar-refractivity contribution in [1.82, 2.24) is 10.3 Å². The van der Waals surface area contributed by atoms with Crippen LogP contribution in [-0.4, -0.2) is 12.0 Å². The summed E-state index contributed by atoms with van der Waals surface area (Å²) in [5.74, 6) is 0. The molecule has 0 atom stereocenters. The zero-order valence-corrected chi connectivity index (χ0v) is 9.71. The van der Waals surface area contributed by atoms with E-state index in [-0.39, 0.29) is 0 Å². The van der Waals surface area contributed by atoms with Gasteiger partial charge in [0.25, 0.3) is 0 Å². The third-order valence-corrected chi connectivity index (χ3v) is 3.22. The second-order valence-electron chi connectivity index (χ2n) is 3.39. The summed E-state index contributed by atoms with van der Waals surface area (Å²) in [5, 5.41) is 11.9. The fourth-order valence-corrected chi connectivity index (χ4v) is 2.26. The van der Waals surface area contributed by atoms with Gasteiger partial charge >= 0.3 is 0 Å². The summed E-state index contributed by atoms with van der Waals surface area (Å²) in [6.45, 7) is 0.803. The maximum atomic E-state index is 8.77. The molecular weight excluding hydrogens is 218 g/mol. The second kappa shape index (κ2) is 4.88. The number of thiophene rings is 1. The summed E-state index contributed by atoms with van der Waals surface area (Å²) < 4.78 is 0. The number of hydrogen-bond donors (Lipinski definition) is 1. The van der Waals surface area contributed by atoms with Gasteiger partial charge in [0, 0.05) is 29.4 Å². The molecule has 2 rings (SSSR count). The van der Waals surface area contributed by atoms with Gasteiger partial charge in [-0.05, 0) is 30.8 Å². The zero-order chi connectivity index (χ0) is 11.4. The Morgan fingerprint density at radius 3 is 3.00 bits per heavy atom. The van der Waals surface area contributed by atoms with Gasteiger partial charge in [0.2, 0.25) is 0 Å². The monoisotopic (exact) mass is 229 g/mol. The van der Waals surface area contributed by atoms with Crippen molar-refractivity contribution in [2.75, 3.05) is 7.05 Å². The molecule has 0 aromatic carbocycles. The molecule has 2 heterocycles. The average molecular weight is 229 g/mol. The van der Waals surface area contributed by atoms with Crippen LogP contribution in [0.25, 0.3) is 10.4 Å². The summed E-state index contributed by atoms with van der Waals surface area (Å²) in [4.78, 5) is 6.01. The van der Waals surface area contributed by atoms with Crippen molar-refractivity contribution < 1.29 is 0 Å². The van der Waals surface area contributed by atoms with Gasteiger partial charge in [-0.15, -0.1) is 11.3 Å². The predicted molar refractivity (Wildman–Crippen MR) is 65.0 cm³/mol. The lowest BCUT2D eigenvalue weighted by molar-refractivity contribution is 0.814. The van der Waals surface area contributed by atoms with E-state index in [1.165, 1.54) is 11.3 Å². The molecule has 0 saturated heterocycles. The first-order valence-electron chi connectivity index (χ1n) is 4.92. The van der Waals surface area contributed by atoms with Gasteiger partial charge in [-0.3, -0.25) is 4.98 Å². The Kier molecular flexibility index (Phi) is 3.30. The van der Waals surface area contributed by atoms with Crippen molar-refractivity contribution >= 4 is 11.3 Å². The molecule has 2 aromatic heterocycles. The van der Waals surface area contributed by atoms with Crippen LogP contribution in [0.3, 0.4) is 0 Å². The van der Waals surface area contributed by atoms with E-state index in [0.29, 0.717) is 0 Å². The molecule has 0 unspecified atom stereocenters. The lowest BCUT2D eigenvalue weighted by atomic mass is 10.2. The quantitative estimate of drug-likeness (QED) is 0.879. The first-order chi connectivity index (χ1) is 7.83. The van der Waals surface area contributed by atoms with Gasteiger partial charge in [-0.1, -0.05) is 0 Å². The van der Waals surface area contributed by atoms with E-state index < -0.39 is 0 Å². The molecule has 80 valence electrons. The molecule has 4 heteroatoms. The highest BCUT2D eigenvalue weighted by molar-refractivity contribution is 7.16. The number of aromatic nitrogens is 1. The van der Waals surface area contributed by atoms with Crippen LogP contribution in [0.1, 0.15) is 10.4 Å². The van der Waals surface area contributed by atoms with Crippen LogP contribution in [-0.2, 0) is 6.54 Å². The van der Waals surface area contributed by atoms with E-state index in [9.17, 15) is 0 Å². The Bertz CT molecular complexity index is 525. The molecule has 1 N–H and O–H groups in total. The number of nitrogens with one attached hydrogen (secondary N) is 1. The van der Waals surface area contributed by atoms with E-state index >= 15 is 0 Å². The maximum Gasteiger partial charge on any atom is 0.110 e. The Labute approximate surface area is 98.4 Å². The van der Waals surface area contributed by atoms with E-state index in [0.717, 1.165) is 27.4 Å². The molecular formula is C12H11N3S. The van der Waals surface area contributed by atoms with Gasteiger partial charge in [-0.2, -0.15) is 5.26 Å². The lowest BCUT2D eigenvalue weighted by Crippen LogP contribution is -2.05. The number of pyridine rings is 1. The smallest absolute Gasteiger partial charge is 0.110 e. The normalized spacial score (nSPS) is 10.0. The van der Waals surface area contributed by atoms with Gasteiger partial charge < -0.3 is 5.32 Å². The summed E-state index contributed by atoms with van der Waals surface area (Å²) in [6.07, 6.45) is 3.67. The van der Waals surface area contributed by atoms with Crippen molar-refractivity contribution in [3.8, 4) is 16.5 Å². The minimum atomic E-state index is 0.731. The van der Waals surface area contributed by atoms with Gasteiger partial charge in [0.15, 0.2) is 0 Å². The Hall–Kier alpha value is -1.70. The molecule has 0 aliphatic carbocycles. The lowest BCUT2D eigenvalue weighted by Gasteiger charge is -2.01. The summed E-state index contributed by atoms with van der Waals surface area (Å²) in [7, 11) is 1.91. The standard InChI is InChI=1S/C12H11N3S/c1-14-6-9-4-10(8-15-7-9)12-3-2-11(5-13)16-12/h2-4,7-8,14H,6H2,1H3. The number of nitrogens with zero attached hydrogens (tertiary/aromatic N) is 2. The van der Waals surface area contributed by atoms with E-state index in [1.54, 1.807) is 0 Å². The molecule has 3 nitrogen and oxygen atoms in total. The fraction of sp³-hybridized carbons (Fsp3) is 0.167. The SMILES string of the molecule is CNCc1cncc(-c2ccc(C#N)s2)c1. The van der Waals surface area contributed by atoms with Crippen molar-refractivity contribution in [3.63, 3.8) is 0 Å². The topological polar surface area (TPSA) is 48.7 Å². The van der Waals surface area contributed by atoms with Gasteiger partial charge in [0.05, 0.1) is 0 Å². The molecule has 2 aromatic rings. The minimum Gasteiger partial charge on any atom is -0.316 e. The van der Waals surface area contributed by atoms with Crippen LogP contribution in [0, 0.1) is 11.3 Å². The zero-order valence-electron chi connectivity index (χ0n) is 8.90. The van der Waals surface area contributed by atoms with Gasteiger partial charge in [-0.25, -0.2) is 0 Å². The molecule has 0 aliphatic heterocycles. The molecule has 0 aliphatic rings. The van der Waals surface area contributed by atoms with E-state index in [4.69, 9.17) is 5.26 Å². The van der Waals surface area contributed by atoms with Crippen LogP contribution in [0.5, 0.6) is 0 Å². The van der Waals surface area contributed by atoms with Crippen LogP contribution in [0.4, 0.5) is 0 Å². The molecule has 0 spiro atoms. The summed E-state index contributed by atoms with van der Waals surface area (Å²) in [6, 6.07) is 8.04. The fourth-order valence-electron chi connectivity index (χ4n) is 1.48.